The van der Waals surface area contributed by atoms with Crippen LogP contribution in [0.25, 0.3) is 0 Å². The Hall–Kier alpha value is -1.16. The second-order valence-corrected chi connectivity index (χ2v) is 14.2. The van der Waals surface area contributed by atoms with Crippen molar-refractivity contribution in [1.82, 2.24) is 0 Å². The number of carbonyl (C=O) groups excluding carboxylic acids is 1. The molecule has 0 aliphatic carbocycles. The van der Waals surface area contributed by atoms with Crippen LogP contribution < -0.4 is 0 Å². The summed E-state index contributed by atoms with van der Waals surface area (Å²) in [6.07, 6.45) is 18.3. The second-order valence-electron chi connectivity index (χ2n) is 13.2. The van der Waals surface area contributed by atoms with E-state index < -0.39 is 59.8 Å². The van der Waals surface area contributed by atoms with Crippen LogP contribution in [0.4, 0.5) is 0 Å². The molecule has 0 aromatic heterocycles. The fraction of sp³-hybridized carbons (Fsp3) is 0.917. The quantitative estimate of drug-likeness (QED) is 0.0262. The summed E-state index contributed by atoms with van der Waals surface area (Å²) in [5.41, 5.74) is 0. The van der Waals surface area contributed by atoms with Gasteiger partial charge in [-0.3, -0.25) is 9.35 Å². The number of hydrogen-bond acceptors (Lipinski definition) is 11. The Morgan fingerprint density at radius 2 is 1.33 bits per heavy atom. The molecule has 290 valence electrons. The predicted molar refractivity (Wildman–Crippen MR) is 188 cm³/mol. The lowest BCUT2D eigenvalue weighted by Gasteiger charge is -2.41. The molecule has 0 amide bonds. The van der Waals surface area contributed by atoms with Gasteiger partial charge in [-0.15, -0.1) is 0 Å². The zero-order valence-electron chi connectivity index (χ0n) is 30.3. The molecule has 0 bridgehead atoms. The Labute approximate surface area is 296 Å². The molecule has 6 unspecified atom stereocenters. The number of ether oxygens (including phenoxy) is 4. The van der Waals surface area contributed by atoms with E-state index in [9.17, 15) is 28.5 Å². The molecule has 4 N–H and O–H groups in total. The summed E-state index contributed by atoms with van der Waals surface area (Å²) in [5.74, 6) is -0.404. The van der Waals surface area contributed by atoms with Crippen molar-refractivity contribution in [1.29, 1.82) is 0 Å². The molecule has 6 atom stereocenters. The summed E-state index contributed by atoms with van der Waals surface area (Å²) >= 11 is 0. The van der Waals surface area contributed by atoms with Crippen molar-refractivity contribution < 1.29 is 56.2 Å². The Bertz CT molecular complexity index is 931. The Morgan fingerprint density at radius 1 is 0.755 bits per heavy atom. The molecule has 12 nitrogen and oxygen atoms in total. The topological polar surface area (TPSA) is 178 Å². The first kappa shape index (κ1) is 45.9. The smallest absolute Gasteiger partial charge is 0.397 e. The lowest BCUT2D eigenvalue weighted by molar-refractivity contribution is -0.301. The van der Waals surface area contributed by atoms with Gasteiger partial charge in [-0.2, -0.15) is 8.42 Å². The number of allylic oxidation sites excluding steroid dienone is 2. The minimum Gasteiger partial charge on any atom is -0.457 e. The summed E-state index contributed by atoms with van der Waals surface area (Å²) in [6, 6.07) is 0. The summed E-state index contributed by atoms with van der Waals surface area (Å²) in [7, 11) is -5.05. The molecular formula is C36H68O12S. The molecule has 1 aliphatic heterocycles. The molecule has 0 radical (unpaired) electrons. The maximum absolute atomic E-state index is 12.7. The van der Waals surface area contributed by atoms with Gasteiger partial charge in [-0.25, -0.2) is 4.18 Å². The van der Waals surface area contributed by atoms with Crippen LogP contribution in [0.5, 0.6) is 0 Å². The highest BCUT2D eigenvalue weighted by Gasteiger charge is 2.48. The SMILES string of the molecule is CCC/C=C\CCCCCCCCOCC(COC1OC(CO)C(O)C(OS(=O)(=O)O)C1O)OC(=O)CCCCCCCCCCCCC. The highest BCUT2D eigenvalue weighted by atomic mass is 32.3. The van der Waals surface area contributed by atoms with E-state index in [0.717, 1.165) is 51.4 Å². The van der Waals surface area contributed by atoms with Gasteiger partial charge >= 0.3 is 16.4 Å². The Balaban J connectivity index is 2.53. The van der Waals surface area contributed by atoms with Gasteiger partial charge in [-0.1, -0.05) is 122 Å². The summed E-state index contributed by atoms with van der Waals surface area (Å²) in [6.45, 7) is 3.89. The zero-order valence-corrected chi connectivity index (χ0v) is 31.1. The fourth-order valence-corrected chi connectivity index (χ4v) is 6.24. The van der Waals surface area contributed by atoms with E-state index in [1.54, 1.807) is 0 Å². The van der Waals surface area contributed by atoms with Crippen molar-refractivity contribution in [3.8, 4) is 0 Å². The number of esters is 1. The van der Waals surface area contributed by atoms with Crippen molar-refractivity contribution in [2.45, 2.75) is 185 Å². The van der Waals surface area contributed by atoms with Crippen molar-refractivity contribution in [3.63, 3.8) is 0 Å². The summed E-state index contributed by atoms with van der Waals surface area (Å²) < 4.78 is 58.7. The normalized spacial score (nSPS) is 22.1. The van der Waals surface area contributed by atoms with E-state index in [4.69, 9.17) is 23.5 Å². The summed E-state index contributed by atoms with van der Waals surface area (Å²) in [5, 5.41) is 30.5. The van der Waals surface area contributed by atoms with Gasteiger partial charge in [0.25, 0.3) is 0 Å². The third-order valence-corrected chi connectivity index (χ3v) is 9.08. The molecule has 1 heterocycles. The van der Waals surface area contributed by atoms with Crippen LogP contribution in [0.15, 0.2) is 12.2 Å². The van der Waals surface area contributed by atoms with Crippen molar-refractivity contribution >= 4 is 16.4 Å². The number of carbonyl (C=O) groups is 1. The van der Waals surface area contributed by atoms with Gasteiger partial charge in [0.1, 0.15) is 30.5 Å². The summed E-state index contributed by atoms with van der Waals surface area (Å²) in [4.78, 5) is 12.7. The fourth-order valence-electron chi connectivity index (χ4n) is 5.73. The van der Waals surface area contributed by atoms with E-state index in [2.05, 4.69) is 30.2 Å². The minimum absolute atomic E-state index is 0.0356. The van der Waals surface area contributed by atoms with Crippen molar-refractivity contribution in [2.24, 2.45) is 0 Å². The standard InChI is InChI=1S/C36H68O12S/c1-3-5-7-9-11-13-15-17-19-21-23-25-32(38)46-30(28-44-26-24-22-20-18-16-14-12-10-8-6-4-2)29-45-36-34(40)35(48-49(41,42)43)33(39)31(27-37)47-36/h8,10,30-31,33-37,39-40H,3-7,9,11-29H2,1-2H3,(H,41,42,43)/b10-8-. The maximum Gasteiger partial charge on any atom is 0.397 e. The molecule has 1 rings (SSSR count). The van der Waals surface area contributed by atoms with Crippen LogP contribution >= 0.6 is 0 Å². The number of aliphatic hydroxyl groups is 3. The minimum atomic E-state index is -5.05. The molecule has 0 spiro atoms. The maximum atomic E-state index is 12.7. The highest BCUT2D eigenvalue weighted by Crippen LogP contribution is 2.26. The van der Waals surface area contributed by atoms with Crippen LogP contribution in [-0.2, 0) is 38.3 Å². The van der Waals surface area contributed by atoms with Crippen molar-refractivity contribution in [2.75, 3.05) is 26.4 Å². The molecular weight excluding hydrogens is 656 g/mol. The average molecular weight is 725 g/mol. The lowest BCUT2D eigenvalue weighted by atomic mass is 9.99. The number of unbranched alkanes of at least 4 members (excludes halogenated alkanes) is 17. The van der Waals surface area contributed by atoms with Crippen LogP contribution in [0.3, 0.4) is 0 Å². The molecule has 1 fully saturated rings. The molecule has 0 aromatic carbocycles. The van der Waals surface area contributed by atoms with E-state index in [-0.39, 0.29) is 19.6 Å². The van der Waals surface area contributed by atoms with Crippen LogP contribution in [-0.4, -0.2) is 97.5 Å². The molecule has 1 saturated heterocycles. The van der Waals surface area contributed by atoms with Gasteiger partial charge in [0.15, 0.2) is 6.29 Å². The number of rotatable bonds is 32. The molecule has 0 aromatic rings. The van der Waals surface area contributed by atoms with E-state index in [1.807, 2.05) is 0 Å². The zero-order chi connectivity index (χ0) is 36.2. The molecule has 49 heavy (non-hydrogen) atoms. The Kier molecular flexibility index (Phi) is 27.5. The van der Waals surface area contributed by atoms with Gasteiger partial charge < -0.3 is 34.3 Å². The molecule has 1 aliphatic rings. The van der Waals surface area contributed by atoms with Crippen LogP contribution in [0.1, 0.15) is 149 Å². The van der Waals surface area contributed by atoms with E-state index in [1.165, 1.54) is 70.6 Å². The van der Waals surface area contributed by atoms with E-state index in [0.29, 0.717) is 13.0 Å². The first-order chi connectivity index (χ1) is 23.6. The largest absolute Gasteiger partial charge is 0.457 e. The van der Waals surface area contributed by atoms with Crippen LogP contribution in [0, 0.1) is 0 Å². The third-order valence-electron chi connectivity index (χ3n) is 8.62. The average Bonchev–Trinajstić information content (AvgIpc) is 3.06. The highest BCUT2D eigenvalue weighted by molar-refractivity contribution is 7.80. The third kappa shape index (κ3) is 23.8. The first-order valence-corrected chi connectivity index (χ1v) is 20.3. The number of aliphatic hydroxyl groups excluding tert-OH is 3. The van der Waals surface area contributed by atoms with E-state index >= 15 is 0 Å². The van der Waals surface area contributed by atoms with Gasteiger partial charge in [-0.05, 0) is 32.1 Å². The Morgan fingerprint density at radius 3 is 1.92 bits per heavy atom. The second kappa shape index (κ2) is 29.4. The lowest BCUT2D eigenvalue weighted by Crippen LogP contribution is -2.60. The monoisotopic (exact) mass is 724 g/mol. The van der Waals surface area contributed by atoms with Gasteiger partial charge in [0, 0.05) is 13.0 Å². The molecule has 13 heteroatoms. The van der Waals surface area contributed by atoms with Crippen molar-refractivity contribution in [3.05, 3.63) is 12.2 Å². The predicted octanol–water partition coefficient (Wildman–Crippen LogP) is 6.35. The van der Waals surface area contributed by atoms with Gasteiger partial charge in [0.2, 0.25) is 0 Å². The number of hydrogen-bond donors (Lipinski definition) is 4. The van der Waals surface area contributed by atoms with Crippen LogP contribution in [0.2, 0.25) is 0 Å². The van der Waals surface area contributed by atoms with Gasteiger partial charge in [0.05, 0.1) is 19.8 Å². The first-order valence-electron chi connectivity index (χ1n) is 18.9. The molecule has 0 saturated carbocycles.